The van der Waals surface area contributed by atoms with E-state index in [0.717, 1.165) is 11.4 Å². The lowest BCUT2D eigenvalue weighted by atomic mass is 10.1. The van der Waals surface area contributed by atoms with Crippen LogP contribution in [0.4, 0.5) is 0 Å². The van der Waals surface area contributed by atoms with Crippen molar-refractivity contribution >= 4 is 11.8 Å². The maximum Gasteiger partial charge on any atom is 0.263 e. The van der Waals surface area contributed by atoms with E-state index in [1.165, 1.54) is 0 Å². The summed E-state index contributed by atoms with van der Waals surface area (Å²) in [5.74, 6) is 1.60. The highest BCUT2D eigenvalue weighted by Crippen LogP contribution is 2.32. The first-order valence-electron chi connectivity index (χ1n) is 11.0. The zero-order valence-electron chi connectivity index (χ0n) is 19.0. The van der Waals surface area contributed by atoms with E-state index in [1.54, 1.807) is 42.3 Å². The molecule has 8 heteroatoms. The van der Waals surface area contributed by atoms with Gasteiger partial charge in [-0.05, 0) is 44.2 Å². The zero-order chi connectivity index (χ0) is 23.4. The van der Waals surface area contributed by atoms with Crippen LogP contribution in [0.5, 0.6) is 11.5 Å². The highest BCUT2D eigenvalue weighted by molar-refractivity contribution is 5.94. The van der Waals surface area contributed by atoms with Crippen LogP contribution in [0.3, 0.4) is 0 Å². The van der Waals surface area contributed by atoms with Crippen LogP contribution in [0.25, 0.3) is 11.4 Å². The van der Waals surface area contributed by atoms with E-state index in [2.05, 4.69) is 9.97 Å². The molecular weight excluding hydrogens is 420 g/mol. The fourth-order valence-corrected chi connectivity index (χ4v) is 4.04. The molecule has 172 valence electrons. The molecule has 4 rings (SSSR count). The second kappa shape index (κ2) is 9.77. The van der Waals surface area contributed by atoms with Gasteiger partial charge in [-0.25, -0.2) is 4.98 Å². The minimum atomic E-state index is -0.702. The van der Waals surface area contributed by atoms with Crippen molar-refractivity contribution in [1.82, 2.24) is 19.8 Å². The Kier molecular flexibility index (Phi) is 6.63. The molecule has 1 aliphatic rings. The van der Waals surface area contributed by atoms with E-state index in [4.69, 9.17) is 9.47 Å². The van der Waals surface area contributed by atoms with Crippen LogP contribution in [0.2, 0.25) is 0 Å². The Morgan fingerprint density at radius 2 is 1.91 bits per heavy atom. The van der Waals surface area contributed by atoms with Gasteiger partial charge in [-0.15, -0.1) is 0 Å². The van der Waals surface area contributed by atoms with Crippen molar-refractivity contribution in [2.45, 2.75) is 26.0 Å². The first-order valence-corrected chi connectivity index (χ1v) is 11.0. The number of hydrogen-bond donors (Lipinski definition) is 1. The largest absolute Gasteiger partial charge is 0.493 e. The normalized spacial score (nSPS) is 16.9. The van der Waals surface area contributed by atoms with Crippen molar-refractivity contribution in [1.29, 1.82) is 0 Å². The highest BCUT2D eigenvalue weighted by Gasteiger charge is 2.33. The summed E-state index contributed by atoms with van der Waals surface area (Å²) < 4.78 is 11.5. The lowest BCUT2D eigenvalue weighted by molar-refractivity contribution is -0.142. The third-order valence-electron chi connectivity index (χ3n) is 5.81. The fraction of sp³-hybridized carbons (Fsp3) is 0.320. The van der Waals surface area contributed by atoms with Gasteiger partial charge in [-0.3, -0.25) is 9.59 Å². The first kappa shape index (κ1) is 22.4. The van der Waals surface area contributed by atoms with Gasteiger partial charge < -0.3 is 24.3 Å². The Morgan fingerprint density at radius 3 is 2.58 bits per heavy atom. The maximum absolute atomic E-state index is 13.2. The summed E-state index contributed by atoms with van der Waals surface area (Å²) in [6.45, 7) is 5.11. The number of imidazole rings is 1. The third kappa shape index (κ3) is 4.84. The zero-order valence-corrected chi connectivity index (χ0v) is 19.0. The number of amides is 2. The molecule has 1 fully saturated rings. The number of aromatic nitrogens is 2. The molecular formula is C25H28N4O4. The van der Waals surface area contributed by atoms with Crippen molar-refractivity contribution in [3.63, 3.8) is 0 Å². The summed E-state index contributed by atoms with van der Waals surface area (Å²) in [6, 6.07) is 14.6. The van der Waals surface area contributed by atoms with Crippen LogP contribution in [-0.4, -0.2) is 70.5 Å². The fourth-order valence-electron chi connectivity index (χ4n) is 4.04. The average Bonchev–Trinajstić information content (AvgIpc) is 3.39. The molecule has 3 aromatic rings. The van der Waals surface area contributed by atoms with Crippen molar-refractivity contribution in [2.24, 2.45) is 0 Å². The van der Waals surface area contributed by atoms with Crippen LogP contribution < -0.4 is 9.47 Å². The van der Waals surface area contributed by atoms with E-state index in [9.17, 15) is 9.59 Å². The lowest BCUT2D eigenvalue weighted by Crippen LogP contribution is -2.57. The van der Waals surface area contributed by atoms with Gasteiger partial charge in [-0.1, -0.05) is 18.2 Å². The number of nitrogens with zero attached hydrogens (tertiary/aromatic N) is 3. The van der Waals surface area contributed by atoms with Gasteiger partial charge in [0, 0.05) is 49.2 Å². The average molecular weight is 449 g/mol. The first-order chi connectivity index (χ1) is 16.0. The van der Waals surface area contributed by atoms with E-state index in [0.29, 0.717) is 36.7 Å². The van der Waals surface area contributed by atoms with E-state index < -0.39 is 6.10 Å². The van der Waals surface area contributed by atoms with Crippen LogP contribution in [0.15, 0.2) is 60.9 Å². The van der Waals surface area contributed by atoms with E-state index in [-0.39, 0.29) is 17.9 Å². The highest BCUT2D eigenvalue weighted by atomic mass is 16.5. The molecule has 0 saturated carbocycles. The van der Waals surface area contributed by atoms with E-state index >= 15 is 0 Å². The van der Waals surface area contributed by atoms with Crippen molar-refractivity contribution in [2.75, 3.05) is 26.7 Å². The van der Waals surface area contributed by atoms with Gasteiger partial charge in [0.05, 0.1) is 7.11 Å². The molecule has 1 aromatic heterocycles. The summed E-state index contributed by atoms with van der Waals surface area (Å²) in [6.07, 6.45) is 2.73. The molecule has 0 radical (unpaired) electrons. The van der Waals surface area contributed by atoms with Crippen molar-refractivity contribution < 1.29 is 19.1 Å². The summed E-state index contributed by atoms with van der Waals surface area (Å²) in [4.78, 5) is 36.8. The van der Waals surface area contributed by atoms with Crippen molar-refractivity contribution in [3.8, 4) is 22.9 Å². The number of methoxy groups -OCH3 is 1. The SMILES string of the molecule is COc1cc(-c2ncc[nH]2)ccc1OC(C)C(=O)N1CCN(C(=O)c2ccccc2)C[C@H]1C. The second-order valence-corrected chi connectivity index (χ2v) is 8.06. The van der Waals surface area contributed by atoms with Gasteiger partial charge in [0.2, 0.25) is 0 Å². The molecule has 8 nitrogen and oxygen atoms in total. The molecule has 0 aliphatic carbocycles. The summed E-state index contributed by atoms with van der Waals surface area (Å²) in [7, 11) is 1.56. The van der Waals surface area contributed by atoms with Crippen LogP contribution in [0, 0.1) is 0 Å². The number of carbonyl (C=O) groups excluding carboxylic acids is 2. The molecule has 1 aliphatic heterocycles. The number of hydrogen-bond acceptors (Lipinski definition) is 5. The number of piperazine rings is 1. The predicted octanol–water partition coefficient (Wildman–Crippen LogP) is 3.23. The lowest BCUT2D eigenvalue weighted by Gasteiger charge is -2.40. The molecule has 33 heavy (non-hydrogen) atoms. The Morgan fingerprint density at radius 1 is 1.12 bits per heavy atom. The van der Waals surface area contributed by atoms with Gasteiger partial charge in [-0.2, -0.15) is 0 Å². The Labute approximate surface area is 193 Å². The molecule has 2 atom stereocenters. The minimum Gasteiger partial charge on any atom is -0.493 e. The number of rotatable bonds is 6. The van der Waals surface area contributed by atoms with Crippen LogP contribution in [0.1, 0.15) is 24.2 Å². The van der Waals surface area contributed by atoms with Crippen LogP contribution >= 0.6 is 0 Å². The van der Waals surface area contributed by atoms with E-state index in [1.807, 2.05) is 49.4 Å². The Bertz CT molecular complexity index is 1100. The molecule has 2 aromatic carbocycles. The summed E-state index contributed by atoms with van der Waals surface area (Å²) in [5, 5.41) is 0. The number of ether oxygens (including phenoxy) is 2. The number of benzene rings is 2. The Hall–Kier alpha value is -3.81. The van der Waals surface area contributed by atoms with Gasteiger partial charge >= 0.3 is 0 Å². The Balaban J connectivity index is 1.40. The van der Waals surface area contributed by atoms with Crippen LogP contribution in [-0.2, 0) is 4.79 Å². The monoisotopic (exact) mass is 448 g/mol. The van der Waals surface area contributed by atoms with Gasteiger partial charge in [0.15, 0.2) is 17.6 Å². The predicted molar refractivity (Wildman–Crippen MR) is 124 cm³/mol. The smallest absolute Gasteiger partial charge is 0.263 e. The third-order valence-corrected chi connectivity index (χ3v) is 5.81. The summed E-state index contributed by atoms with van der Waals surface area (Å²) in [5.41, 5.74) is 1.52. The maximum atomic E-state index is 13.2. The van der Waals surface area contributed by atoms with Gasteiger partial charge in [0.25, 0.3) is 11.8 Å². The number of H-pyrrole nitrogens is 1. The topological polar surface area (TPSA) is 87.8 Å². The molecule has 1 saturated heterocycles. The molecule has 2 heterocycles. The molecule has 2 amide bonds. The molecule has 0 spiro atoms. The number of carbonyl (C=O) groups is 2. The number of aromatic amines is 1. The molecule has 1 unspecified atom stereocenters. The second-order valence-electron chi connectivity index (χ2n) is 8.06. The number of nitrogens with one attached hydrogen (secondary N) is 1. The van der Waals surface area contributed by atoms with Gasteiger partial charge in [0.1, 0.15) is 5.82 Å². The summed E-state index contributed by atoms with van der Waals surface area (Å²) >= 11 is 0. The molecule has 1 N–H and O–H groups in total. The van der Waals surface area contributed by atoms with Crippen molar-refractivity contribution in [3.05, 3.63) is 66.5 Å². The minimum absolute atomic E-state index is 0.0137. The quantitative estimate of drug-likeness (QED) is 0.626. The standard InChI is InChI=1S/C25H28N4O4/c1-17-16-28(25(31)19-7-5-4-6-8-19)13-14-29(17)24(30)18(2)33-21-10-9-20(15-22(21)32-3)23-26-11-12-27-23/h4-12,15,17-18H,13-14,16H2,1-3H3,(H,26,27)/t17-,18?/m1/s1. The molecule has 0 bridgehead atoms.